The van der Waals surface area contributed by atoms with Crippen LogP contribution in [0.2, 0.25) is 5.02 Å². The first-order chi connectivity index (χ1) is 14.5. The zero-order valence-corrected chi connectivity index (χ0v) is 17.7. The van der Waals surface area contributed by atoms with Crippen molar-refractivity contribution in [2.45, 2.75) is 0 Å². The molecule has 4 aromatic rings. The van der Waals surface area contributed by atoms with Crippen molar-refractivity contribution >= 4 is 46.1 Å². The van der Waals surface area contributed by atoms with E-state index in [9.17, 15) is 9.18 Å². The van der Waals surface area contributed by atoms with Crippen molar-refractivity contribution < 1.29 is 13.9 Å². The van der Waals surface area contributed by atoms with E-state index in [-0.39, 0.29) is 11.3 Å². The maximum absolute atomic E-state index is 14.8. The fourth-order valence-electron chi connectivity index (χ4n) is 3.24. The van der Waals surface area contributed by atoms with Crippen LogP contribution in [0.15, 0.2) is 54.9 Å². The first kappa shape index (κ1) is 20.3. The molecule has 0 aliphatic heterocycles. The monoisotopic (exact) mass is 441 g/mol. The number of hydrogen-bond donors (Lipinski definition) is 2. The second-order valence-electron chi connectivity index (χ2n) is 6.47. The van der Waals surface area contributed by atoms with Gasteiger partial charge in [0, 0.05) is 40.7 Å². The highest BCUT2D eigenvalue weighted by Crippen LogP contribution is 2.33. The van der Waals surface area contributed by atoms with Gasteiger partial charge in [0.1, 0.15) is 11.4 Å². The second-order valence-corrected chi connectivity index (χ2v) is 7.49. The molecule has 0 saturated heterocycles. The quantitative estimate of drug-likeness (QED) is 0.286. The first-order valence-electron chi connectivity index (χ1n) is 8.96. The molecule has 8 heteroatoms. The Hall–Kier alpha value is -3.03. The third kappa shape index (κ3) is 3.62. The van der Waals surface area contributed by atoms with Crippen molar-refractivity contribution in [3.8, 4) is 16.9 Å². The molecule has 152 valence electrons. The van der Waals surface area contributed by atoms with Crippen molar-refractivity contribution in [3.05, 3.63) is 76.8 Å². The number of rotatable bonds is 6. The van der Waals surface area contributed by atoms with E-state index >= 15 is 0 Å². The van der Waals surface area contributed by atoms with Gasteiger partial charge in [-0.25, -0.2) is 9.37 Å². The molecule has 2 heterocycles. The molecule has 2 aromatic carbocycles. The highest BCUT2D eigenvalue weighted by atomic mass is 35.5. The Kier molecular flexibility index (Phi) is 5.65. The van der Waals surface area contributed by atoms with E-state index in [1.54, 1.807) is 50.0 Å². The Balaban J connectivity index is 1.79. The summed E-state index contributed by atoms with van der Waals surface area (Å²) in [7, 11) is 1.57. The van der Waals surface area contributed by atoms with Crippen molar-refractivity contribution in [1.82, 2.24) is 9.97 Å². The van der Waals surface area contributed by atoms with Gasteiger partial charge in [-0.1, -0.05) is 29.6 Å². The average molecular weight is 442 g/mol. The predicted molar refractivity (Wildman–Crippen MR) is 120 cm³/mol. The topological polar surface area (TPSA) is 67.0 Å². The highest BCUT2D eigenvalue weighted by molar-refractivity contribution is 7.99. The molecule has 0 radical (unpaired) electrons. The van der Waals surface area contributed by atoms with E-state index in [0.29, 0.717) is 27.4 Å². The fourth-order valence-corrected chi connectivity index (χ4v) is 3.89. The molecule has 0 spiro atoms. The lowest BCUT2D eigenvalue weighted by Gasteiger charge is -2.09. The Bertz CT molecular complexity index is 1260. The first-order valence-corrected chi connectivity index (χ1v) is 10.6. The predicted octanol–water partition coefficient (Wildman–Crippen LogP) is 5.95. The minimum Gasteiger partial charge on any atom is -0.497 e. The normalized spacial score (nSPS) is 10.9. The van der Waals surface area contributed by atoms with Crippen LogP contribution in [0.5, 0.6) is 5.75 Å². The van der Waals surface area contributed by atoms with Crippen molar-refractivity contribution in [2.24, 2.45) is 0 Å². The molecule has 0 aliphatic carbocycles. The Morgan fingerprint density at radius 3 is 2.80 bits per heavy atom. The molecule has 5 nitrogen and oxygen atoms in total. The van der Waals surface area contributed by atoms with Crippen LogP contribution in [0, 0.1) is 5.82 Å². The lowest BCUT2D eigenvalue weighted by molar-refractivity contribution is 0.103. The molecular weight excluding hydrogens is 425 g/mol. The largest absolute Gasteiger partial charge is 0.497 e. The van der Waals surface area contributed by atoms with Gasteiger partial charge in [0.25, 0.3) is 0 Å². The van der Waals surface area contributed by atoms with Gasteiger partial charge in [-0.15, -0.1) is 0 Å². The molecule has 30 heavy (non-hydrogen) atoms. The van der Waals surface area contributed by atoms with E-state index in [1.165, 1.54) is 18.0 Å². The number of H-pyrrole nitrogens is 1. The molecule has 0 bridgehead atoms. The number of carbonyl (C=O) groups is 1. The number of anilines is 1. The summed E-state index contributed by atoms with van der Waals surface area (Å²) in [4.78, 5) is 20.5. The third-order valence-electron chi connectivity index (χ3n) is 4.72. The van der Waals surface area contributed by atoms with Crippen LogP contribution in [0.3, 0.4) is 0 Å². The lowest BCUT2D eigenvalue weighted by atomic mass is 10.00. The number of benzene rings is 2. The van der Waals surface area contributed by atoms with Gasteiger partial charge in [-0.3, -0.25) is 4.79 Å². The zero-order chi connectivity index (χ0) is 21.3. The van der Waals surface area contributed by atoms with Crippen molar-refractivity contribution in [3.63, 3.8) is 0 Å². The standard InChI is InChI=1S/C22H17ClFN3O2S/c1-29-13-6-7-14(18(23)9-13)12-8-16-17(11-26-22(16)25-10-12)21(28)15-4-3-5-19(20(15)24)27-30-2/h3-11,27H,1-2H3,(H,25,26). The van der Waals surface area contributed by atoms with Crippen LogP contribution >= 0.6 is 23.5 Å². The summed E-state index contributed by atoms with van der Waals surface area (Å²) in [5.41, 5.74) is 2.61. The number of nitrogens with one attached hydrogen (secondary N) is 2. The number of carbonyl (C=O) groups excluding carboxylic acids is 1. The van der Waals surface area contributed by atoms with Crippen LogP contribution in [0.25, 0.3) is 22.2 Å². The molecule has 0 saturated carbocycles. The molecule has 0 aliphatic rings. The molecule has 4 rings (SSSR count). The highest BCUT2D eigenvalue weighted by Gasteiger charge is 2.20. The number of ether oxygens (including phenoxy) is 1. The molecule has 0 atom stereocenters. The number of pyridine rings is 1. The Morgan fingerprint density at radius 1 is 1.23 bits per heavy atom. The SMILES string of the molecule is COc1ccc(-c2cnc3[nH]cc(C(=O)c4cccc(NSC)c4F)c3c2)c(Cl)c1. The van der Waals surface area contributed by atoms with Crippen molar-refractivity contribution in [1.29, 1.82) is 0 Å². The van der Waals surface area contributed by atoms with Gasteiger partial charge in [-0.2, -0.15) is 0 Å². The molecule has 2 aromatic heterocycles. The number of halogens is 2. The van der Waals surface area contributed by atoms with Crippen LogP contribution in [0.4, 0.5) is 10.1 Å². The van der Waals surface area contributed by atoms with Gasteiger partial charge < -0.3 is 14.4 Å². The van der Waals surface area contributed by atoms with Crippen LogP contribution in [0.1, 0.15) is 15.9 Å². The maximum Gasteiger partial charge on any atom is 0.198 e. The minimum atomic E-state index is -0.589. The van der Waals surface area contributed by atoms with Crippen LogP contribution in [-0.4, -0.2) is 29.1 Å². The van der Waals surface area contributed by atoms with E-state index in [2.05, 4.69) is 14.7 Å². The van der Waals surface area contributed by atoms with Gasteiger partial charge in [0.15, 0.2) is 11.6 Å². The minimum absolute atomic E-state index is 0.0113. The molecule has 0 amide bonds. The summed E-state index contributed by atoms with van der Waals surface area (Å²) in [6, 6.07) is 11.9. The lowest BCUT2D eigenvalue weighted by Crippen LogP contribution is -2.05. The number of ketones is 1. The number of methoxy groups -OCH3 is 1. The molecular formula is C22H17ClFN3O2S. The number of hydrogen-bond acceptors (Lipinski definition) is 5. The summed E-state index contributed by atoms with van der Waals surface area (Å²) in [6.07, 6.45) is 5.00. The Labute approximate surface area is 181 Å². The van der Waals surface area contributed by atoms with Gasteiger partial charge in [0.05, 0.1) is 23.4 Å². The summed E-state index contributed by atoms with van der Waals surface area (Å²) in [5.74, 6) is -0.374. The maximum atomic E-state index is 14.8. The molecule has 0 fully saturated rings. The van der Waals surface area contributed by atoms with Gasteiger partial charge in [-0.05, 0) is 36.4 Å². The van der Waals surface area contributed by atoms with E-state index < -0.39 is 11.6 Å². The summed E-state index contributed by atoms with van der Waals surface area (Å²) < 4.78 is 22.9. The Morgan fingerprint density at radius 2 is 2.07 bits per heavy atom. The van der Waals surface area contributed by atoms with Gasteiger partial charge >= 0.3 is 0 Å². The zero-order valence-electron chi connectivity index (χ0n) is 16.1. The third-order valence-corrected chi connectivity index (χ3v) is 5.46. The second kappa shape index (κ2) is 8.38. The summed E-state index contributed by atoms with van der Waals surface area (Å²) >= 11 is 7.65. The number of aromatic amines is 1. The fraction of sp³-hybridized carbons (Fsp3) is 0.0909. The summed E-state index contributed by atoms with van der Waals surface area (Å²) in [6.45, 7) is 0. The van der Waals surface area contributed by atoms with E-state index in [1.807, 2.05) is 12.1 Å². The number of nitrogens with zero attached hydrogens (tertiary/aromatic N) is 1. The summed E-state index contributed by atoms with van der Waals surface area (Å²) in [5, 5.41) is 1.09. The average Bonchev–Trinajstić information content (AvgIpc) is 3.18. The molecule has 0 unspecified atom stereocenters. The van der Waals surface area contributed by atoms with Crippen LogP contribution in [-0.2, 0) is 0 Å². The van der Waals surface area contributed by atoms with E-state index in [0.717, 1.165) is 11.1 Å². The molecule has 2 N–H and O–H groups in total. The van der Waals surface area contributed by atoms with E-state index in [4.69, 9.17) is 16.3 Å². The van der Waals surface area contributed by atoms with Crippen molar-refractivity contribution in [2.75, 3.05) is 18.1 Å². The van der Waals surface area contributed by atoms with Crippen LogP contribution < -0.4 is 9.46 Å². The van der Waals surface area contributed by atoms with Gasteiger partial charge in [0.2, 0.25) is 0 Å². The smallest absolute Gasteiger partial charge is 0.198 e. The number of aromatic nitrogens is 2. The number of fused-ring (bicyclic) bond motifs is 1.